The minimum atomic E-state index is -3.27. The highest BCUT2D eigenvalue weighted by molar-refractivity contribution is 7.86. The van der Waals surface area contributed by atoms with Crippen LogP contribution in [0.1, 0.15) is 23.7 Å². The molecule has 2 aromatic rings. The lowest BCUT2D eigenvalue weighted by Crippen LogP contribution is -2.31. The highest BCUT2D eigenvalue weighted by atomic mass is 35.5. The molecule has 0 fully saturated rings. The number of halogens is 4. The summed E-state index contributed by atoms with van der Waals surface area (Å²) < 4.78 is 53.3. The average molecular weight is 382 g/mol. The fourth-order valence-electron chi connectivity index (χ4n) is 2.61. The minimum absolute atomic E-state index is 0.00237. The lowest BCUT2D eigenvalue weighted by molar-refractivity contribution is -0.122. The average Bonchev–Trinajstić information content (AvgIpc) is 2.86. The molecule has 0 spiro atoms. The number of alkyl halides is 2. The number of aliphatic hydroxyl groups is 1. The molecule has 1 N–H and O–H groups in total. The quantitative estimate of drug-likeness (QED) is 0.801. The van der Waals surface area contributed by atoms with Gasteiger partial charge in [-0.05, 0) is 18.1 Å². The van der Waals surface area contributed by atoms with Gasteiger partial charge in [-0.25, -0.2) is 18.2 Å². The first-order valence-electron chi connectivity index (χ1n) is 6.58. The van der Waals surface area contributed by atoms with Crippen LogP contribution in [0.25, 0.3) is 10.4 Å². The number of thiophene rings is 1. The van der Waals surface area contributed by atoms with Crippen molar-refractivity contribution in [3.8, 4) is 10.4 Å². The lowest BCUT2D eigenvalue weighted by Gasteiger charge is -2.28. The van der Waals surface area contributed by atoms with E-state index in [1.165, 1.54) is 12.5 Å². The van der Waals surface area contributed by atoms with Crippen molar-refractivity contribution < 1.29 is 22.5 Å². The standard InChI is InChI=1S/C14H11ClF3NO2S2/c1-23(21)13-9-7(2-3-14(17,18)11(9)20)10(22-13)6-4-8(16)12(15)19-5-6/h4-5,11,20H,2-3H2,1H3. The first-order valence-corrected chi connectivity index (χ1v) is 9.34. The van der Waals surface area contributed by atoms with Gasteiger partial charge in [-0.3, -0.25) is 4.21 Å². The number of fused-ring (bicyclic) bond motifs is 1. The van der Waals surface area contributed by atoms with Gasteiger partial charge in [0.05, 0.1) is 15.0 Å². The minimum Gasteiger partial charge on any atom is -0.382 e. The Hall–Kier alpha value is -0.960. The van der Waals surface area contributed by atoms with E-state index >= 15 is 0 Å². The van der Waals surface area contributed by atoms with E-state index in [9.17, 15) is 22.5 Å². The molecule has 0 radical (unpaired) electrons. The molecule has 2 aromatic heterocycles. The molecule has 0 amide bonds. The molecular weight excluding hydrogens is 371 g/mol. The molecular formula is C14H11ClF3NO2S2. The number of pyridine rings is 1. The predicted octanol–water partition coefficient (Wildman–Crippen LogP) is 3.95. The number of aromatic nitrogens is 1. The molecule has 3 nitrogen and oxygen atoms in total. The zero-order valence-electron chi connectivity index (χ0n) is 11.8. The Kier molecular flexibility index (Phi) is 4.29. The van der Waals surface area contributed by atoms with Crippen molar-refractivity contribution in [3.05, 3.63) is 34.4 Å². The van der Waals surface area contributed by atoms with Crippen molar-refractivity contribution in [1.82, 2.24) is 4.98 Å². The van der Waals surface area contributed by atoms with Crippen molar-refractivity contribution in [2.45, 2.75) is 29.1 Å². The normalized spacial score (nSPS) is 21.0. The van der Waals surface area contributed by atoms with Crippen molar-refractivity contribution in [1.29, 1.82) is 0 Å². The third-order valence-corrected chi connectivity index (χ3v) is 6.78. The Balaban J connectivity index is 2.23. The van der Waals surface area contributed by atoms with Gasteiger partial charge in [0.25, 0.3) is 5.92 Å². The summed E-state index contributed by atoms with van der Waals surface area (Å²) in [6.07, 6.45) is 0.159. The van der Waals surface area contributed by atoms with Crippen LogP contribution in [-0.2, 0) is 17.2 Å². The highest BCUT2D eigenvalue weighted by Gasteiger charge is 2.46. The fourth-order valence-corrected chi connectivity index (χ4v) is 5.07. The van der Waals surface area contributed by atoms with Gasteiger partial charge in [-0.15, -0.1) is 11.3 Å². The van der Waals surface area contributed by atoms with E-state index in [1.54, 1.807) is 0 Å². The first kappa shape index (κ1) is 16.9. The monoisotopic (exact) mass is 381 g/mol. The summed E-state index contributed by atoms with van der Waals surface area (Å²) in [6, 6.07) is 1.16. The Bertz CT molecular complexity index is 810. The topological polar surface area (TPSA) is 50.2 Å². The molecule has 0 aliphatic heterocycles. The maximum absolute atomic E-state index is 13.8. The second-order valence-electron chi connectivity index (χ2n) is 5.23. The van der Waals surface area contributed by atoms with Crippen molar-refractivity contribution in [2.75, 3.05) is 6.26 Å². The van der Waals surface area contributed by atoms with Gasteiger partial charge in [0.2, 0.25) is 0 Å². The van der Waals surface area contributed by atoms with Gasteiger partial charge >= 0.3 is 0 Å². The summed E-state index contributed by atoms with van der Waals surface area (Å²) in [7, 11) is -1.55. The molecule has 0 saturated heterocycles. The van der Waals surface area contributed by atoms with Crippen LogP contribution in [0.4, 0.5) is 13.2 Å². The van der Waals surface area contributed by atoms with E-state index in [-0.39, 0.29) is 21.3 Å². The molecule has 124 valence electrons. The van der Waals surface area contributed by atoms with Gasteiger partial charge in [-0.2, -0.15) is 0 Å². The molecule has 3 rings (SSSR count). The second kappa shape index (κ2) is 5.84. The molecule has 1 aliphatic rings. The smallest absolute Gasteiger partial charge is 0.277 e. The van der Waals surface area contributed by atoms with Crippen LogP contribution in [-0.4, -0.2) is 26.5 Å². The summed E-state index contributed by atoms with van der Waals surface area (Å²) in [4.78, 5) is 4.21. The highest BCUT2D eigenvalue weighted by Crippen LogP contribution is 2.50. The second-order valence-corrected chi connectivity index (χ2v) is 8.18. The molecule has 0 saturated carbocycles. The Labute approximate surface area is 141 Å². The summed E-state index contributed by atoms with van der Waals surface area (Å²) in [5.74, 6) is -4.00. The SMILES string of the molecule is CS(=O)c1sc(-c2cnc(Cl)c(F)c2)c2c1C(O)C(F)(F)CC2. The molecule has 2 unspecified atom stereocenters. The number of hydrogen-bond donors (Lipinski definition) is 1. The maximum Gasteiger partial charge on any atom is 0.277 e. The molecule has 0 aromatic carbocycles. The zero-order chi connectivity index (χ0) is 16.9. The Morgan fingerprint density at radius 2 is 2.22 bits per heavy atom. The van der Waals surface area contributed by atoms with Crippen LogP contribution < -0.4 is 0 Å². The molecule has 0 bridgehead atoms. The predicted molar refractivity (Wildman–Crippen MR) is 83.1 cm³/mol. The zero-order valence-corrected chi connectivity index (χ0v) is 14.2. The van der Waals surface area contributed by atoms with E-state index in [0.29, 0.717) is 16.0 Å². The number of hydrogen-bond acceptors (Lipinski definition) is 4. The fraction of sp³-hybridized carbons (Fsp3) is 0.357. The van der Waals surface area contributed by atoms with Gasteiger partial charge < -0.3 is 5.11 Å². The van der Waals surface area contributed by atoms with Crippen LogP contribution in [0.3, 0.4) is 0 Å². The third-order valence-electron chi connectivity index (χ3n) is 3.72. The molecule has 2 heterocycles. The Morgan fingerprint density at radius 3 is 2.83 bits per heavy atom. The third kappa shape index (κ3) is 2.82. The van der Waals surface area contributed by atoms with E-state index in [4.69, 9.17) is 11.6 Å². The largest absolute Gasteiger partial charge is 0.382 e. The number of aliphatic hydroxyl groups excluding tert-OH is 1. The van der Waals surface area contributed by atoms with Crippen LogP contribution in [0, 0.1) is 5.82 Å². The summed E-state index contributed by atoms with van der Waals surface area (Å²) in [6.45, 7) is 0. The maximum atomic E-state index is 13.8. The number of nitrogens with zero attached hydrogens (tertiary/aromatic N) is 1. The van der Waals surface area contributed by atoms with Crippen molar-refractivity contribution in [2.24, 2.45) is 0 Å². The van der Waals surface area contributed by atoms with Crippen molar-refractivity contribution >= 4 is 33.7 Å². The van der Waals surface area contributed by atoms with E-state index in [1.807, 2.05) is 0 Å². The number of rotatable bonds is 2. The van der Waals surface area contributed by atoms with Gasteiger partial charge in [0.15, 0.2) is 11.0 Å². The summed E-state index contributed by atoms with van der Waals surface area (Å²) >= 11 is 6.57. The van der Waals surface area contributed by atoms with Crippen LogP contribution >= 0.6 is 22.9 Å². The van der Waals surface area contributed by atoms with Crippen LogP contribution in [0.15, 0.2) is 16.5 Å². The summed E-state index contributed by atoms with van der Waals surface area (Å²) in [5, 5.41) is 9.70. The van der Waals surface area contributed by atoms with Crippen molar-refractivity contribution in [3.63, 3.8) is 0 Å². The van der Waals surface area contributed by atoms with Gasteiger partial charge in [0.1, 0.15) is 6.10 Å². The molecule has 23 heavy (non-hydrogen) atoms. The van der Waals surface area contributed by atoms with E-state index < -0.39 is 35.1 Å². The van der Waals surface area contributed by atoms with Gasteiger partial charge in [0, 0.05) is 34.9 Å². The lowest BCUT2D eigenvalue weighted by atomic mass is 9.87. The van der Waals surface area contributed by atoms with Crippen LogP contribution in [0.2, 0.25) is 5.15 Å². The van der Waals surface area contributed by atoms with Gasteiger partial charge in [-0.1, -0.05) is 11.6 Å². The van der Waals surface area contributed by atoms with Crippen LogP contribution in [0.5, 0.6) is 0 Å². The Morgan fingerprint density at radius 1 is 1.52 bits per heavy atom. The van der Waals surface area contributed by atoms with E-state index in [0.717, 1.165) is 17.4 Å². The van der Waals surface area contributed by atoms with E-state index in [2.05, 4.69) is 4.98 Å². The molecule has 1 aliphatic carbocycles. The first-order chi connectivity index (χ1) is 10.7. The summed E-state index contributed by atoms with van der Waals surface area (Å²) in [5.41, 5.74) is 0.835. The molecule has 9 heteroatoms. The molecule has 2 atom stereocenters.